The van der Waals surface area contributed by atoms with Crippen molar-refractivity contribution in [2.24, 2.45) is 0 Å². The third-order valence-corrected chi connectivity index (χ3v) is 7.02. The van der Waals surface area contributed by atoms with Crippen molar-refractivity contribution in [3.63, 3.8) is 0 Å². The van der Waals surface area contributed by atoms with Gasteiger partial charge in [0.05, 0.1) is 32.4 Å². The highest BCUT2D eigenvalue weighted by molar-refractivity contribution is 7.09. The number of halogens is 3. The molecular formula is C27H31F3N4O3S. The van der Waals surface area contributed by atoms with E-state index >= 15 is 0 Å². The first-order valence-electron chi connectivity index (χ1n) is 12.3. The lowest BCUT2D eigenvalue weighted by atomic mass is 10.1. The molecule has 2 heterocycles. The Morgan fingerprint density at radius 1 is 1.11 bits per heavy atom. The molecule has 0 radical (unpaired) electrons. The maximum Gasteiger partial charge on any atom is 0.416 e. The summed E-state index contributed by atoms with van der Waals surface area (Å²) in [6.07, 6.45) is -4.41. The van der Waals surface area contributed by atoms with Crippen LogP contribution in [0.2, 0.25) is 0 Å². The van der Waals surface area contributed by atoms with Crippen molar-refractivity contribution >= 4 is 17.2 Å². The number of benzene rings is 2. The second kappa shape index (κ2) is 13.2. The predicted octanol–water partition coefficient (Wildman–Crippen LogP) is 4.43. The van der Waals surface area contributed by atoms with Crippen molar-refractivity contribution in [3.05, 3.63) is 81.3 Å². The van der Waals surface area contributed by atoms with Gasteiger partial charge in [-0.25, -0.2) is 4.98 Å². The number of ether oxygens (including phenoxy) is 2. The number of methoxy groups -OCH3 is 1. The standard InChI is InChI=1S/C27H31F3N4O3S/c1-36-23-7-5-20(6-8-23)16-34(17-21-3-2-4-22(15-21)27(28,29)30)18-25-32-24(19-38-25)26(35)31-9-10-33-11-13-37-14-12-33/h2-8,15,19H,9-14,16-18H2,1H3,(H,31,35). The highest BCUT2D eigenvalue weighted by atomic mass is 32.1. The minimum Gasteiger partial charge on any atom is -0.497 e. The Hall–Kier alpha value is -2.99. The molecule has 38 heavy (non-hydrogen) atoms. The molecule has 2 aromatic carbocycles. The number of hydrogen-bond donors (Lipinski definition) is 1. The number of carbonyl (C=O) groups is 1. The molecule has 1 aliphatic heterocycles. The van der Waals surface area contributed by atoms with E-state index in [0.717, 1.165) is 37.0 Å². The van der Waals surface area contributed by atoms with Crippen LogP contribution in [-0.4, -0.2) is 67.2 Å². The molecular weight excluding hydrogens is 517 g/mol. The van der Waals surface area contributed by atoms with E-state index in [0.29, 0.717) is 49.1 Å². The van der Waals surface area contributed by atoms with Crippen LogP contribution in [0, 0.1) is 0 Å². The normalized spacial score (nSPS) is 14.6. The molecule has 0 unspecified atom stereocenters. The number of nitrogens with one attached hydrogen (secondary N) is 1. The summed E-state index contributed by atoms with van der Waals surface area (Å²) in [7, 11) is 1.59. The fourth-order valence-corrected chi connectivity index (χ4v) is 5.00. The van der Waals surface area contributed by atoms with Crippen molar-refractivity contribution in [2.75, 3.05) is 46.5 Å². The van der Waals surface area contributed by atoms with Crippen molar-refractivity contribution in [1.29, 1.82) is 0 Å². The van der Waals surface area contributed by atoms with Gasteiger partial charge in [-0.2, -0.15) is 13.2 Å². The number of carbonyl (C=O) groups excluding carboxylic acids is 1. The van der Waals surface area contributed by atoms with Crippen LogP contribution in [0.25, 0.3) is 0 Å². The summed E-state index contributed by atoms with van der Waals surface area (Å²) in [5.41, 5.74) is 1.20. The van der Waals surface area contributed by atoms with E-state index in [2.05, 4.69) is 15.2 Å². The van der Waals surface area contributed by atoms with E-state index in [1.165, 1.54) is 23.5 Å². The van der Waals surface area contributed by atoms with Crippen LogP contribution in [0.1, 0.15) is 32.2 Å². The van der Waals surface area contributed by atoms with Crippen LogP contribution in [0.3, 0.4) is 0 Å². The van der Waals surface area contributed by atoms with Gasteiger partial charge in [0.25, 0.3) is 5.91 Å². The lowest BCUT2D eigenvalue weighted by Crippen LogP contribution is -2.41. The smallest absolute Gasteiger partial charge is 0.416 e. The average Bonchev–Trinajstić information content (AvgIpc) is 3.38. The Labute approximate surface area is 224 Å². The van der Waals surface area contributed by atoms with E-state index in [9.17, 15) is 18.0 Å². The predicted molar refractivity (Wildman–Crippen MR) is 139 cm³/mol. The molecule has 0 bridgehead atoms. The highest BCUT2D eigenvalue weighted by Gasteiger charge is 2.30. The quantitative estimate of drug-likeness (QED) is 0.383. The Morgan fingerprint density at radius 3 is 2.55 bits per heavy atom. The van der Waals surface area contributed by atoms with E-state index in [1.54, 1.807) is 18.6 Å². The zero-order chi connectivity index (χ0) is 27.0. The Morgan fingerprint density at radius 2 is 1.84 bits per heavy atom. The molecule has 3 aromatic rings. The summed E-state index contributed by atoms with van der Waals surface area (Å²) < 4.78 is 50.4. The van der Waals surface area contributed by atoms with Crippen molar-refractivity contribution in [2.45, 2.75) is 25.8 Å². The van der Waals surface area contributed by atoms with Crippen LogP contribution < -0.4 is 10.1 Å². The van der Waals surface area contributed by atoms with E-state index in [1.807, 2.05) is 29.2 Å². The molecule has 1 aromatic heterocycles. The number of aromatic nitrogens is 1. The third-order valence-electron chi connectivity index (χ3n) is 6.19. The molecule has 1 N–H and O–H groups in total. The minimum atomic E-state index is -4.41. The summed E-state index contributed by atoms with van der Waals surface area (Å²) in [6.45, 7) is 5.54. The SMILES string of the molecule is COc1ccc(CN(Cc2cccc(C(F)(F)F)c2)Cc2nc(C(=O)NCCN3CCOCC3)cs2)cc1. The molecule has 1 aliphatic rings. The number of hydrogen-bond acceptors (Lipinski definition) is 7. The van der Waals surface area contributed by atoms with Crippen LogP contribution in [0.15, 0.2) is 53.9 Å². The van der Waals surface area contributed by atoms with Crippen molar-refractivity contribution < 1.29 is 27.4 Å². The van der Waals surface area contributed by atoms with Gasteiger partial charge >= 0.3 is 6.18 Å². The third kappa shape index (κ3) is 8.26. The molecule has 1 fully saturated rings. The van der Waals surface area contributed by atoms with E-state index in [4.69, 9.17) is 9.47 Å². The molecule has 0 saturated carbocycles. The first-order chi connectivity index (χ1) is 18.3. The number of amides is 1. The summed E-state index contributed by atoms with van der Waals surface area (Å²) in [4.78, 5) is 21.4. The Balaban J connectivity index is 1.42. The second-order valence-corrected chi connectivity index (χ2v) is 9.97. The molecule has 11 heteroatoms. The fourth-order valence-electron chi connectivity index (χ4n) is 4.18. The van der Waals surface area contributed by atoms with E-state index in [-0.39, 0.29) is 12.5 Å². The lowest BCUT2D eigenvalue weighted by molar-refractivity contribution is -0.137. The number of thiazole rings is 1. The molecule has 7 nitrogen and oxygen atoms in total. The molecule has 1 saturated heterocycles. The van der Waals surface area contributed by atoms with Crippen LogP contribution in [0.5, 0.6) is 5.75 Å². The first-order valence-corrected chi connectivity index (χ1v) is 13.2. The number of rotatable bonds is 11. The first kappa shape index (κ1) is 28.0. The van der Waals surface area contributed by atoms with Crippen LogP contribution in [0.4, 0.5) is 13.2 Å². The van der Waals surface area contributed by atoms with Gasteiger partial charge in [-0.05, 0) is 29.3 Å². The van der Waals surface area contributed by atoms with Gasteiger partial charge in [-0.3, -0.25) is 14.6 Å². The maximum absolute atomic E-state index is 13.3. The van der Waals surface area contributed by atoms with Gasteiger partial charge in [0.15, 0.2) is 0 Å². The number of alkyl halides is 3. The van der Waals surface area contributed by atoms with Gasteiger partial charge < -0.3 is 14.8 Å². The molecule has 0 spiro atoms. The zero-order valence-electron chi connectivity index (χ0n) is 21.2. The van der Waals surface area contributed by atoms with Gasteiger partial charge in [0, 0.05) is 44.6 Å². The fraction of sp³-hybridized carbons (Fsp3) is 0.407. The van der Waals surface area contributed by atoms with Gasteiger partial charge in [0.2, 0.25) is 0 Å². The summed E-state index contributed by atoms with van der Waals surface area (Å²) in [5, 5.41) is 5.34. The summed E-state index contributed by atoms with van der Waals surface area (Å²) in [5.74, 6) is 0.489. The minimum absolute atomic E-state index is 0.236. The Kier molecular flexibility index (Phi) is 9.73. The topological polar surface area (TPSA) is 66.9 Å². The largest absolute Gasteiger partial charge is 0.497 e. The monoisotopic (exact) mass is 548 g/mol. The Bertz CT molecular complexity index is 1180. The van der Waals surface area contributed by atoms with Crippen molar-refractivity contribution in [1.82, 2.24) is 20.1 Å². The molecule has 1 amide bonds. The molecule has 0 atom stereocenters. The zero-order valence-corrected chi connectivity index (χ0v) is 22.0. The molecule has 204 valence electrons. The molecule has 4 rings (SSSR count). The van der Waals surface area contributed by atoms with Gasteiger partial charge in [-0.1, -0.05) is 30.3 Å². The van der Waals surface area contributed by atoms with Crippen LogP contribution in [-0.2, 0) is 30.5 Å². The lowest BCUT2D eigenvalue weighted by Gasteiger charge is -2.26. The molecule has 0 aliphatic carbocycles. The number of nitrogens with zero attached hydrogens (tertiary/aromatic N) is 3. The highest BCUT2D eigenvalue weighted by Crippen LogP contribution is 2.30. The second-order valence-electron chi connectivity index (χ2n) is 9.03. The van der Waals surface area contributed by atoms with Gasteiger partial charge in [0.1, 0.15) is 16.5 Å². The summed E-state index contributed by atoms with van der Waals surface area (Å²) in [6, 6.07) is 12.9. The summed E-state index contributed by atoms with van der Waals surface area (Å²) >= 11 is 1.36. The average molecular weight is 549 g/mol. The number of morpholine rings is 1. The van der Waals surface area contributed by atoms with Crippen LogP contribution >= 0.6 is 11.3 Å². The van der Waals surface area contributed by atoms with E-state index < -0.39 is 11.7 Å². The van der Waals surface area contributed by atoms with Gasteiger partial charge in [-0.15, -0.1) is 11.3 Å². The maximum atomic E-state index is 13.3. The van der Waals surface area contributed by atoms with Crippen molar-refractivity contribution in [3.8, 4) is 5.75 Å².